The fraction of sp³-hybridized carbons (Fsp3) is 0.500. The van der Waals surface area contributed by atoms with Crippen molar-refractivity contribution in [3.63, 3.8) is 0 Å². The van der Waals surface area contributed by atoms with Gasteiger partial charge in [-0.15, -0.1) is 0 Å². The van der Waals surface area contributed by atoms with Gasteiger partial charge in [0.05, 0.1) is 6.61 Å². The number of amides is 2. The monoisotopic (exact) mass is 301 g/mol. The molecule has 21 heavy (non-hydrogen) atoms. The van der Waals surface area contributed by atoms with Crippen LogP contribution < -0.4 is 17.2 Å². The third-order valence-corrected chi connectivity index (χ3v) is 3.19. The fourth-order valence-corrected chi connectivity index (χ4v) is 2.14. The van der Waals surface area contributed by atoms with Crippen LogP contribution in [-0.4, -0.2) is 61.8 Å². The lowest BCUT2D eigenvalue weighted by atomic mass is 10.1. The molecule has 1 aromatic heterocycles. The molecule has 1 aliphatic heterocycles. The molecule has 116 valence electrons. The number of primary amides is 2. The fourth-order valence-electron chi connectivity index (χ4n) is 2.14. The lowest BCUT2D eigenvalue weighted by Crippen LogP contribution is -2.33. The molecule has 9 N–H and O–H groups in total. The highest BCUT2D eigenvalue weighted by Gasteiger charge is 2.45. The number of carbonyl (C=O) groups is 2. The Labute approximate surface area is 117 Å². The molecule has 1 fully saturated rings. The van der Waals surface area contributed by atoms with Crippen molar-refractivity contribution in [1.29, 1.82) is 0 Å². The van der Waals surface area contributed by atoms with Gasteiger partial charge in [0, 0.05) is 0 Å². The van der Waals surface area contributed by atoms with E-state index in [9.17, 15) is 19.8 Å². The molecule has 2 heterocycles. The van der Waals surface area contributed by atoms with Crippen molar-refractivity contribution >= 4 is 17.6 Å². The minimum Gasteiger partial charge on any atom is -0.394 e. The van der Waals surface area contributed by atoms with Gasteiger partial charge in [-0.3, -0.25) is 9.59 Å². The van der Waals surface area contributed by atoms with E-state index in [0.717, 1.165) is 4.68 Å². The minimum absolute atomic E-state index is 0.342. The van der Waals surface area contributed by atoms with Gasteiger partial charge in [0.1, 0.15) is 29.7 Å². The first-order valence-corrected chi connectivity index (χ1v) is 5.89. The summed E-state index contributed by atoms with van der Waals surface area (Å²) in [4.78, 5) is 22.6. The summed E-state index contributed by atoms with van der Waals surface area (Å²) in [5, 5.41) is 32.3. The van der Waals surface area contributed by atoms with Gasteiger partial charge in [0.15, 0.2) is 11.9 Å². The second-order valence-corrected chi connectivity index (χ2v) is 4.51. The number of nitrogens with zero attached hydrogens (tertiary/aromatic N) is 2. The first-order valence-electron chi connectivity index (χ1n) is 5.89. The van der Waals surface area contributed by atoms with E-state index in [2.05, 4.69) is 5.10 Å². The number of hydrogen-bond donors (Lipinski definition) is 6. The van der Waals surface area contributed by atoms with Gasteiger partial charge in [-0.25, -0.2) is 4.68 Å². The summed E-state index contributed by atoms with van der Waals surface area (Å²) < 4.78 is 6.02. The number of aromatic nitrogens is 2. The van der Waals surface area contributed by atoms with E-state index in [1.807, 2.05) is 0 Å². The molecule has 0 bridgehead atoms. The standard InChI is InChI=1S/C10H15N5O6/c11-7-3(8(12)19)4(9(13)20)14-15(7)10-6(18)5(17)2(1-16)21-10/h2,5-6,10,16-18H,1,11H2,(H2,12,19)(H2,13,20)/t2-,5-,6-,10-/m1/s1. The first kappa shape index (κ1) is 15.2. The molecule has 0 aliphatic carbocycles. The van der Waals surface area contributed by atoms with Crippen LogP contribution in [0.2, 0.25) is 0 Å². The number of aliphatic hydroxyl groups is 3. The molecule has 4 atom stereocenters. The third kappa shape index (κ3) is 2.31. The Hall–Kier alpha value is -2.21. The molecule has 1 aromatic rings. The number of ether oxygens (including phenoxy) is 1. The zero-order valence-corrected chi connectivity index (χ0v) is 10.7. The van der Waals surface area contributed by atoms with Crippen LogP contribution in [0.15, 0.2) is 0 Å². The van der Waals surface area contributed by atoms with Crippen molar-refractivity contribution < 1.29 is 29.6 Å². The van der Waals surface area contributed by atoms with Crippen LogP contribution in [-0.2, 0) is 4.74 Å². The van der Waals surface area contributed by atoms with Gasteiger partial charge in [-0.05, 0) is 0 Å². The average Bonchev–Trinajstić information content (AvgIpc) is 2.89. The Morgan fingerprint density at radius 3 is 2.24 bits per heavy atom. The van der Waals surface area contributed by atoms with Crippen molar-refractivity contribution in [3.05, 3.63) is 11.3 Å². The first-order chi connectivity index (χ1) is 9.79. The van der Waals surface area contributed by atoms with Gasteiger partial charge < -0.3 is 37.3 Å². The summed E-state index contributed by atoms with van der Waals surface area (Å²) in [5.41, 5.74) is 15.0. The highest BCUT2D eigenvalue weighted by atomic mass is 16.6. The van der Waals surface area contributed by atoms with Crippen molar-refractivity contribution in [2.75, 3.05) is 12.3 Å². The Balaban J connectivity index is 2.48. The maximum Gasteiger partial charge on any atom is 0.270 e. The molecule has 11 heteroatoms. The van der Waals surface area contributed by atoms with Crippen LogP contribution in [0.3, 0.4) is 0 Å². The Kier molecular flexibility index (Phi) is 3.82. The predicted octanol–water partition coefficient (Wildman–Crippen LogP) is -3.73. The van der Waals surface area contributed by atoms with Crippen LogP contribution in [0.5, 0.6) is 0 Å². The second kappa shape index (κ2) is 5.29. The number of rotatable bonds is 4. The third-order valence-electron chi connectivity index (χ3n) is 3.19. The smallest absolute Gasteiger partial charge is 0.270 e. The predicted molar refractivity (Wildman–Crippen MR) is 66.7 cm³/mol. The maximum atomic E-state index is 11.3. The normalized spacial score (nSPS) is 28.7. The average molecular weight is 301 g/mol. The molecular weight excluding hydrogens is 286 g/mol. The number of carbonyl (C=O) groups excluding carboxylic acids is 2. The van der Waals surface area contributed by atoms with E-state index < -0.39 is 54.2 Å². The van der Waals surface area contributed by atoms with E-state index in [0.29, 0.717) is 0 Å². The quantitative estimate of drug-likeness (QED) is 0.326. The van der Waals surface area contributed by atoms with Crippen molar-refractivity contribution in [3.8, 4) is 0 Å². The summed E-state index contributed by atoms with van der Waals surface area (Å²) >= 11 is 0. The molecule has 0 unspecified atom stereocenters. The van der Waals surface area contributed by atoms with E-state index in [4.69, 9.17) is 27.0 Å². The van der Waals surface area contributed by atoms with Crippen LogP contribution in [0.4, 0.5) is 5.82 Å². The van der Waals surface area contributed by atoms with Crippen LogP contribution in [0.1, 0.15) is 27.1 Å². The lowest BCUT2D eigenvalue weighted by molar-refractivity contribution is -0.0575. The molecule has 1 saturated heterocycles. The molecule has 0 radical (unpaired) electrons. The Bertz CT molecular complexity index is 587. The maximum absolute atomic E-state index is 11.3. The number of aliphatic hydroxyl groups excluding tert-OH is 3. The Morgan fingerprint density at radius 1 is 1.24 bits per heavy atom. The van der Waals surface area contributed by atoms with E-state index >= 15 is 0 Å². The topological polar surface area (TPSA) is 200 Å². The molecule has 0 saturated carbocycles. The summed E-state index contributed by atoms with van der Waals surface area (Å²) in [6.07, 6.45) is -5.24. The van der Waals surface area contributed by atoms with Gasteiger partial charge in [0.25, 0.3) is 11.8 Å². The van der Waals surface area contributed by atoms with Crippen LogP contribution in [0.25, 0.3) is 0 Å². The van der Waals surface area contributed by atoms with Gasteiger partial charge in [-0.1, -0.05) is 0 Å². The molecule has 0 spiro atoms. The molecule has 2 rings (SSSR count). The molecule has 2 amide bonds. The van der Waals surface area contributed by atoms with E-state index in [1.165, 1.54) is 0 Å². The van der Waals surface area contributed by atoms with Crippen LogP contribution in [0, 0.1) is 0 Å². The van der Waals surface area contributed by atoms with Gasteiger partial charge in [-0.2, -0.15) is 5.10 Å². The number of nitrogens with two attached hydrogens (primary N) is 3. The number of nitrogen functional groups attached to an aromatic ring is 1. The van der Waals surface area contributed by atoms with Crippen molar-refractivity contribution in [1.82, 2.24) is 9.78 Å². The lowest BCUT2D eigenvalue weighted by Gasteiger charge is -2.16. The molecule has 11 nitrogen and oxygen atoms in total. The van der Waals surface area contributed by atoms with Crippen molar-refractivity contribution in [2.45, 2.75) is 24.5 Å². The molecule has 1 aliphatic rings. The van der Waals surface area contributed by atoms with E-state index in [-0.39, 0.29) is 5.82 Å². The minimum atomic E-state index is -1.48. The van der Waals surface area contributed by atoms with Gasteiger partial charge in [0.2, 0.25) is 0 Å². The van der Waals surface area contributed by atoms with Gasteiger partial charge >= 0.3 is 0 Å². The molecule has 0 aromatic carbocycles. The highest BCUT2D eigenvalue weighted by molar-refractivity contribution is 6.08. The SMILES string of the molecule is NC(=O)c1nn([C@@H]2O[C@H](CO)[C@@H](O)[C@H]2O)c(N)c1C(N)=O. The van der Waals surface area contributed by atoms with Crippen molar-refractivity contribution in [2.24, 2.45) is 11.5 Å². The Morgan fingerprint density at radius 2 is 1.86 bits per heavy atom. The molecular formula is C10H15N5O6. The largest absolute Gasteiger partial charge is 0.394 e. The highest BCUT2D eigenvalue weighted by Crippen LogP contribution is 2.32. The van der Waals surface area contributed by atoms with Crippen LogP contribution >= 0.6 is 0 Å². The summed E-state index contributed by atoms with van der Waals surface area (Å²) in [7, 11) is 0. The number of anilines is 1. The summed E-state index contributed by atoms with van der Waals surface area (Å²) in [6, 6.07) is 0. The zero-order valence-electron chi connectivity index (χ0n) is 10.7. The summed E-state index contributed by atoms with van der Waals surface area (Å²) in [6.45, 7) is -0.554. The van der Waals surface area contributed by atoms with E-state index in [1.54, 1.807) is 0 Å². The zero-order chi connectivity index (χ0) is 15.9. The second-order valence-electron chi connectivity index (χ2n) is 4.51. The summed E-state index contributed by atoms with van der Waals surface area (Å²) in [5.74, 6) is -2.41. The number of hydrogen-bond acceptors (Lipinski definition) is 8.